The average Bonchev–Trinajstić information content (AvgIpc) is 2.57. The van der Waals surface area contributed by atoms with Crippen LogP contribution in [0.5, 0.6) is 5.75 Å². The molecule has 2 aromatic rings. The molecule has 0 spiro atoms. The number of hydrogen-bond acceptors (Lipinski definition) is 2. The van der Waals surface area contributed by atoms with Gasteiger partial charge in [-0.05, 0) is 19.1 Å². The van der Waals surface area contributed by atoms with Gasteiger partial charge in [0, 0.05) is 5.41 Å². The molecule has 0 saturated heterocycles. The molecule has 0 radical (unpaired) electrons. The second-order valence-corrected chi connectivity index (χ2v) is 5.28. The van der Waals surface area contributed by atoms with Gasteiger partial charge in [-0.25, -0.2) is 4.68 Å². The van der Waals surface area contributed by atoms with Crippen molar-refractivity contribution in [3.63, 3.8) is 0 Å². The van der Waals surface area contributed by atoms with Crippen molar-refractivity contribution in [2.75, 3.05) is 0 Å². The van der Waals surface area contributed by atoms with Gasteiger partial charge in [0.25, 0.3) is 0 Å². The molecule has 0 unspecified atom stereocenters. The second-order valence-electron chi connectivity index (χ2n) is 5.28. The largest absolute Gasteiger partial charge is 0.504 e. The molecule has 1 aromatic carbocycles. The van der Waals surface area contributed by atoms with Crippen LogP contribution >= 0.6 is 0 Å². The normalized spacial score (nSPS) is 11.8. The van der Waals surface area contributed by atoms with Crippen molar-refractivity contribution >= 4 is 0 Å². The molecule has 0 bridgehead atoms. The fraction of sp³-hybridized carbons (Fsp3) is 0.357. The lowest BCUT2D eigenvalue weighted by Gasteiger charge is -2.14. The first-order valence-electron chi connectivity index (χ1n) is 5.76. The Morgan fingerprint density at radius 1 is 1.12 bits per heavy atom. The molecule has 17 heavy (non-hydrogen) atoms. The van der Waals surface area contributed by atoms with Gasteiger partial charge in [0.1, 0.15) is 5.69 Å². The smallest absolute Gasteiger partial charge is 0.160 e. The van der Waals surface area contributed by atoms with Crippen LogP contribution in [-0.2, 0) is 5.41 Å². The van der Waals surface area contributed by atoms with Crippen LogP contribution in [0.2, 0.25) is 0 Å². The van der Waals surface area contributed by atoms with Gasteiger partial charge in [0.05, 0.1) is 11.4 Å². The van der Waals surface area contributed by atoms with E-state index < -0.39 is 0 Å². The molecule has 1 N–H and O–H groups in total. The Labute approximate surface area is 102 Å². The summed E-state index contributed by atoms with van der Waals surface area (Å²) in [6.45, 7) is 8.02. The van der Waals surface area contributed by atoms with Crippen molar-refractivity contribution in [3.05, 3.63) is 41.7 Å². The quantitative estimate of drug-likeness (QED) is 0.817. The molecular formula is C14H18N2O. The highest BCUT2D eigenvalue weighted by Crippen LogP contribution is 2.33. The van der Waals surface area contributed by atoms with E-state index >= 15 is 0 Å². The van der Waals surface area contributed by atoms with Crippen molar-refractivity contribution in [2.45, 2.75) is 33.1 Å². The zero-order valence-electron chi connectivity index (χ0n) is 10.7. The van der Waals surface area contributed by atoms with Crippen molar-refractivity contribution in [3.8, 4) is 11.4 Å². The van der Waals surface area contributed by atoms with Crippen molar-refractivity contribution < 1.29 is 5.11 Å². The Morgan fingerprint density at radius 2 is 1.71 bits per heavy atom. The van der Waals surface area contributed by atoms with Gasteiger partial charge < -0.3 is 5.11 Å². The zero-order chi connectivity index (χ0) is 12.6. The zero-order valence-corrected chi connectivity index (χ0v) is 10.7. The Hall–Kier alpha value is -1.77. The Bertz CT molecular complexity index is 521. The first kappa shape index (κ1) is 11.7. The third-order valence-corrected chi connectivity index (χ3v) is 2.80. The molecule has 0 atom stereocenters. The first-order valence-corrected chi connectivity index (χ1v) is 5.76. The molecule has 0 aliphatic heterocycles. The summed E-state index contributed by atoms with van der Waals surface area (Å²) in [5.41, 5.74) is 2.32. The third kappa shape index (κ3) is 2.05. The highest BCUT2D eigenvalue weighted by molar-refractivity contribution is 5.42. The first-order chi connectivity index (χ1) is 7.91. The van der Waals surface area contributed by atoms with E-state index in [0.29, 0.717) is 5.75 Å². The minimum absolute atomic E-state index is 0.158. The maximum atomic E-state index is 10.1. The lowest BCUT2D eigenvalue weighted by Crippen LogP contribution is -2.12. The average molecular weight is 230 g/mol. The summed E-state index contributed by atoms with van der Waals surface area (Å²) in [6.07, 6.45) is 0. The molecule has 0 aliphatic rings. The molecule has 0 saturated carbocycles. The van der Waals surface area contributed by atoms with Crippen LogP contribution in [-0.4, -0.2) is 14.9 Å². The Morgan fingerprint density at radius 3 is 2.18 bits per heavy atom. The molecule has 2 rings (SSSR count). The van der Waals surface area contributed by atoms with E-state index in [1.165, 1.54) is 0 Å². The number of benzene rings is 1. The van der Waals surface area contributed by atoms with Crippen molar-refractivity contribution in [1.82, 2.24) is 9.78 Å². The van der Waals surface area contributed by atoms with Crippen LogP contribution in [0.4, 0.5) is 0 Å². The number of para-hydroxylation sites is 1. The van der Waals surface area contributed by atoms with Crippen LogP contribution in [0.25, 0.3) is 5.69 Å². The van der Waals surface area contributed by atoms with Crippen LogP contribution in [0.15, 0.2) is 30.3 Å². The molecule has 1 aromatic heterocycles. The van der Waals surface area contributed by atoms with Crippen LogP contribution in [0.3, 0.4) is 0 Å². The van der Waals surface area contributed by atoms with E-state index in [4.69, 9.17) is 0 Å². The van der Waals surface area contributed by atoms with Gasteiger partial charge >= 0.3 is 0 Å². The van der Waals surface area contributed by atoms with Gasteiger partial charge in [-0.3, -0.25) is 0 Å². The number of hydrogen-bond donors (Lipinski definition) is 1. The molecule has 0 amide bonds. The third-order valence-electron chi connectivity index (χ3n) is 2.80. The number of rotatable bonds is 1. The SMILES string of the molecule is Cc1c(O)c(C(C)(C)C)nn1-c1ccccc1. The van der Waals surface area contributed by atoms with Crippen LogP contribution in [0.1, 0.15) is 32.2 Å². The van der Waals surface area contributed by atoms with E-state index in [9.17, 15) is 5.11 Å². The highest BCUT2D eigenvalue weighted by Gasteiger charge is 2.25. The molecule has 3 heteroatoms. The molecule has 0 fully saturated rings. The fourth-order valence-electron chi connectivity index (χ4n) is 1.82. The summed E-state index contributed by atoms with van der Waals surface area (Å²) >= 11 is 0. The van der Waals surface area contributed by atoms with Crippen LogP contribution < -0.4 is 0 Å². The number of aromatic hydroxyl groups is 1. The lowest BCUT2D eigenvalue weighted by molar-refractivity contribution is 0.441. The van der Waals surface area contributed by atoms with Gasteiger partial charge in [-0.2, -0.15) is 5.10 Å². The van der Waals surface area contributed by atoms with Gasteiger partial charge in [-0.15, -0.1) is 0 Å². The predicted molar refractivity (Wildman–Crippen MR) is 68.7 cm³/mol. The van der Waals surface area contributed by atoms with Crippen molar-refractivity contribution in [1.29, 1.82) is 0 Å². The summed E-state index contributed by atoms with van der Waals surface area (Å²) in [6, 6.07) is 9.85. The summed E-state index contributed by atoms with van der Waals surface area (Å²) in [5, 5.41) is 14.6. The highest BCUT2D eigenvalue weighted by atomic mass is 16.3. The minimum atomic E-state index is -0.158. The molecule has 90 valence electrons. The van der Waals surface area contributed by atoms with E-state index in [1.807, 2.05) is 58.0 Å². The maximum absolute atomic E-state index is 10.1. The Kier molecular flexibility index (Phi) is 2.69. The summed E-state index contributed by atoms with van der Waals surface area (Å²) in [7, 11) is 0. The van der Waals surface area contributed by atoms with E-state index in [0.717, 1.165) is 17.1 Å². The van der Waals surface area contributed by atoms with Gasteiger partial charge in [0.2, 0.25) is 0 Å². The van der Waals surface area contributed by atoms with Crippen molar-refractivity contribution in [2.24, 2.45) is 0 Å². The molecule has 3 nitrogen and oxygen atoms in total. The Balaban J connectivity index is 2.59. The maximum Gasteiger partial charge on any atom is 0.160 e. The minimum Gasteiger partial charge on any atom is -0.504 e. The summed E-state index contributed by atoms with van der Waals surface area (Å²) in [4.78, 5) is 0. The number of nitrogens with zero attached hydrogens (tertiary/aromatic N) is 2. The fourth-order valence-corrected chi connectivity index (χ4v) is 1.82. The topological polar surface area (TPSA) is 38.1 Å². The van der Waals surface area contributed by atoms with E-state index in [2.05, 4.69) is 5.10 Å². The second kappa shape index (κ2) is 3.91. The number of aromatic nitrogens is 2. The standard InChI is InChI=1S/C14H18N2O/c1-10-12(17)13(14(2,3)4)15-16(10)11-8-6-5-7-9-11/h5-9,17H,1-4H3. The van der Waals surface area contributed by atoms with E-state index in [1.54, 1.807) is 4.68 Å². The lowest BCUT2D eigenvalue weighted by atomic mass is 9.91. The predicted octanol–water partition coefficient (Wildman–Crippen LogP) is 3.18. The van der Waals surface area contributed by atoms with Gasteiger partial charge in [-0.1, -0.05) is 39.0 Å². The van der Waals surface area contributed by atoms with Gasteiger partial charge in [0.15, 0.2) is 5.75 Å². The van der Waals surface area contributed by atoms with E-state index in [-0.39, 0.29) is 5.41 Å². The molecule has 0 aliphatic carbocycles. The monoisotopic (exact) mass is 230 g/mol. The summed E-state index contributed by atoms with van der Waals surface area (Å²) in [5.74, 6) is 0.293. The van der Waals surface area contributed by atoms with Crippen LogP contribution in [0, 0.1) is 6.92 Å². The summed E-state index contributed by atoms with van der Waals surface area (Å²) < 4.78 is 1.79. The molecule has 1 heterocycles. The molecular weight excluding hydrogens is 212 g/mol.